The molecule has 1 N–H and O–H groups in total. The van der Waals surface area contributed by atoms with Gasteiger partial charge in [0.1, 0.15) is 0 Å². The second kappa shape index (κ2) is 6.83. The van der Waals surface area contributed by atoms with Crippen molar-refractivity contribution in [2.45, 2.75) is 31.8 Å². The van der Waals surface area contributed by atoms with Crippen LogP contribution in [0, 0.1) is 12.8 Å². The van der Waals surface area contributed by atoms with Crippen molar-refractivity contribution in [3.63, 3.8) is 0 Å². The molecule has 1 aromatic rings. The second-order valence-electron chi connectivity index (χ2n) is 4.80. The number of benzene rings is 1. The number of nitrogens with one attached hydrogen (secondary N) is 1. The molecule has 1 aromatic carbocycles. The molecule has 6 heteroatoms. The Bertz CT molecular complexity index is 529. The number of methoxy groups -OCH3 is 1. The number of sulfonamides is 1. The lowest BCUT2D eigenvalue weighted by Gasteiger charge is -2.19. The van der Waals surface area contributed by atoms with Gasteiger partial charge < -0.3 is 4.74 Å². The Morgan fingerprint density at radius 1 is 1.37 bits per heavy atom. The highest BCUT2D eigenvalue weighted by atomic mass is 79.9. The van der Waals surface area contributed by atoms with Gasteiger partial charge >= 0.3 is 0 Å². The van der Waals surface area contributed by atoms with E-state index in [2.05, 4.69) is 20.7 Å². The summed E-state index contributed by atoms with van der Waals surface area (Å²) in [5, 5.41) is 0. The van der Waals surface area contributed by atoms with Gasteiger partial charge in [0.2, 0.25) is 10.0 Å². The van der Waals surface area contributed by atoms with Crippen molar-refractivity contribution in [2.24, 2.45) is 5.92 Å². The third-order valence-electron chi connectivity index (χ3n) is 2.90. The molecule has 0 radical (unpaired) electrons. The summed E-state index contributed by atoms with van der Waals surface area (Å²) < 4.78 is 32.8. The Hall–Kier alpha value is -0.430. The Labute approximate surface area is 123 Å². The summed E-state index contributed by atoms with van der Waals surface area (Å²) in [5.41, 5.74) is 1.00. The number of halogens is 1. The minimum Gasteiger partial charge on any atom is -0.380 e. The van der Waals surface area contributed by atoms with E-state index in [-0.39, 0.29) is 23.5 Å². The molecule has 0 aliphatic heterocycles. The third kappa shape index (κ3) is 4.56. The molecule has 0 spiro atoms. The lowest BCUT2D eigenvalue weighted by molar-refractivity contribution is 0.0691. The van der Waals surface area contributed by atoms with Crippen molar-refractivity contribution < 1.29 is 13.2 Å². The first-order valence-electron chi connectivity index (χ1n) is 6.06. The summed E-state index contributed by atoms with van der Waals surface area (Å²) in [7, 11) is -1.94. The number of rotatable bonds is 6. The summed E-state index contributed by atoms with van der Waals surface area (Å²) in [6, 6.07) is 5.15. The average Bonchev–Trinajstić information content (AvgIpc) is 2.28. The first kappa shape index (κ1) is 16.6. The summed E-state index contributed by atoms with van der Waals surface area (Å²) in [6.07, 6.45) is -0.140. The fourth-order valence-electron chi connectivity index (χ4n) is 1.68. The molecule has 0 saturated heterocycles. The van der Waals surface area contributed by atoms with Crippen LogP contribution in [0.4, 0.5) is 0 Å². The summed E-state index contributed by atoms with van der Waals surface area (Å²) in [4.78, 5) is 0.247. The molecule has 0 aliphatic rings. The van der Waals surface area contributed by atoms with E-state index >= 15 is 0 Å². The predicted molar refractivity (Wildman–Crippen MR) is 79.7 cm³/mol. The maximum Gasteiger partial charge on any atom is 0.241 e. The van der Waals surface area contributed by atoms with Crippen molar-refractivity contribution in [3.8, 4) is 0 Å². The van der Waals surface area contributed by atoms with Gasteiger partial charge in [-0.25, -0.2) is 13.1 Å². The van der Waals surface area contributed by atoms with Gasteiger partial charge in [0, 0.05) is 18.1 Å². The average molecular weight is 350 g/mol. The Balaban J connectivity index is 2.87. The molecule has 0 aliphatic carbocycles. The highest BCUT2D eigenvalue weighted by Gasteiger charge is 2.20. The molecule has 19 heavy (non-hydrogen) atoms. The maximum atomic E-state index is 12.2. The molecule has 0 amide bonds. The van der Waals surface area contributed by atoms with Crippen LogP contribution in [0.5, 0.6) is 0 Å². The third-order valence-corrected chi connectivity index (χ3v) is 5.30. The van der Waals surface area contributed by atoms with Crippen LogP contribution in [-0.2, 0) is 14.8 Å². The predicted octanol–water partition coefficient (Wildman–Crippen LogP) is 2.71. The van der Waals surface area contributed by atoms with Crippen LogP contribution in [0.15, 0.2) is 27.6 Å². The molecule has 108 valence electrons. The van der Waals surface area contributed by atoms with Crippen LogP contribution in [0.2, 0.25) is 0 Å². The molecule has 1 rings (SSSR count). The molecule has 0 unspecified atom stereocenters. The zero-order valence-corrected chi connectivity index (χ0v) is 14.0. The van der Waals surface area contributed by atoms with Crippen molar-refractivity contribution >= 4 is 26.0 Å². The van der Waals surface area contributed by atoms with Gasteiger partial charge in [-0.2, -0.15) is 0 Å². The van der Waals surface area contributed by atoms with Crippen LogP contribution >= 0.6 is 15.9 Å². The van der Waals surface area contributed by atoms with E-state index in [1.807, 2.05) is 20.8 Å². The Morgan fingerprint density at radius 3 is 2.47 bits per heavy atom. The van der Waals surface area contributed by atoms with Gasteiger partial charge in [-0.1, -0.05) is 19.9 Å². The van der Waals surface area contributed by atoms with Crippen molar-refractivity contribution in [3.05, 3.63) is 28.2 Å². The van der Waals surface area contributed by atoms with Gasteiger partial charge in [0.05, 0.1) is 11.0 Å². The topological polar surface area (TPSA) is 55.4 Å². The summed E-state index contributed by atoms with van der Waals surface area (Å²) in [5.74, 6) is 0.245. The summed E-state index contributed by atoms with van der Waals surface area (Å²) in [6.45, 7) is 6.15. The van der Waals surface area contributed by atoms with Gasteiger partial charge in [-0.15, -0.1) is 0 Å². The smallest absolute Gasteiger partial charge is 0.241 e. The van der Waals surface area contributed by atoms with Crippen LogP contribution < -0.4 is 4.72 Å². The minimum absolute atomic E-state index is 0.140. The van der Waals surface area contributed by atoms with E-state index in [4.69, 9.17) is 4.74 Å². The van der Waals surface area contributed by atoms with Crippen LogP contribution in [0.3, 0.4) is 0 Å². The lowest BCUT2D eigenvalue weighted by Crippen LogP contribution is -2.36. The fraction of sp³-hybridized carbons (Fsp3) is 0.538. The molecule has 1 atom stereocenters. The highest BCUT2D eigenvalue weighted by Crippen LogP contribution is 2.23. The first-order chi connectivity index (χ1) is 8.77. The van der Waals surface area contributed by atoms with Crippen LogP contribution in [0.1, 0.15) is 19.4 Å². The zero-order valence-electron chi connectivity index (χ0n) is 11.6. The minimum atomic E-state index is -3.52. The van der Waals surface area contributed by atoms with Crippen LogP contribution in [0.25, 0.3) is 0 Å². The number of hydrogen-bond acceptors (Lipinski definition) is 3. The van der Waals surface area contributed by atoms with E-state index in [9.17, 15) is 8.42 Å². The van der Waals surface area contributed by atoms with Gasteiger partial charge in [0.25, 0.3) is 0 Å². The van der Waals surface area contributed by atoms with Gasteiger partial charge in [-0.05, 0) is 46.5 Å². The Morgan fingerprint density at radius 2 is 2.00 bits per heavy atom. The molecule has 0 aromatic heterocycles. The number of aryl methyl sites for hydroxylation is 1. The van der Waals surface area contributed by atoms with Gasteiger partial charge in [0.15, 0.2) is 0 Å². The normalized spacial score (nSPS) is 13.8. The van der Waals surface area contributed by atoms with E-state index in [1.165, 1.54) is 0 Å². The maximum absolute atomic E-state index is 12.2. The lowest BCUT2D eigenvalue weighted by atomic mass is 10.1. The molecule has 0 heterocycles. The molecular weight excluding hydrogens is 330 g/mol. The quantitative estimate of drug-likeness (QED) is 0.858. The largest absolute Gasteiger partial charge is 0.380 e. The molecule has 0 saturated carbocycles. The number of ether oxygens (including phenoxy) is 1. The second-order valence-corrected chi connectivity index (χ2v) is 7.39. The van der Waals surface area contributed by atoms with Crippen LogP contribution in [-0.4, -0.2) is 28.2 Å². The van der Waals surface area contributed by atoms with Gasteiger partial charge in [-0.3, -0.25) is 0 Å². The van der Waals surface area contributed by atoms with E-state index < -0.39 is 10.0 Å². The van der Waals surface area contributed by atoms with Crippen molar-refractivity contribution in [1.29, 1.82) is 0 Å². The molecule has 4 nitrogen and oxygen atoms in total. The van der Waals surface area contributed by atoms with E-state index in [0.29, 0.717) is 4.47 Å². The summed E-state index contributed by atoms with van der Waals surface area (Å²) >= 11 is 3.29. The van der Waals surface area contributed by atoms with Crippen molar-refractivity contribution in [1.82, 2.24) is 4.72 Å². The molecule has 0 bridgehead atoms. The fourth-order valence-corrected chi connectivity index (χ4v) is 3.92. The highest BCUT2D eigenvalue weighted by molar-refractivity contribution is 9.10. The molecule has 0 fully saturated rings. The monoisotopic (exact) mass is 349 g/mol. The van der Waals surface area contributed by atoms with E-state index in [1.54, 1.807) is 25.3 Å². The SMILES string of the molecule is CO[C@@H](CNS(=O)(=O)c1ccc(C)cc1Br)C(C)C. The van der Waals surface area contributed by atoms with Crippen molar-refractivity contribution in [2.75, 3.05) is 13.7 Å². The standard InChI is InChI=1S/C13H20BrNO3S/c1-9(2)12(18-4)8-15-19(16,17)13-6-5-10(3)7-11(13)14/h5-7,9,12,15H,8H2,1-4H3/t12-/m0/s1. The Kier molecular flexibility index (Phi) is 5.98. The number of hydrogen-bond donors (Lipinski definition) is 1. The zero-order chi connectivity index (χ0) is 14.6. The first-order valence-corrected chi connectivity index (χ1v) is 8.34. The molecular formula is C13H20BrNO3S. The van der Waals surface area contributed by atoms with E-state index in [0.717, 1.165) is 5.56 Å².